The minimum absolute atomic E-state index is 0.0349. The van der Waals surface area contributed by atoms with E-state index in [2.05, 4.69) is 43.4 Å². The number of nitrogens with zero attached hydrogens (tertiary/aromatic N) is 4. The maximum Gasteiger partial charge on any atom is 0.286 e. The van der Waals surface area contributed by atoms with Gasteiger partial charge in [-0.05, 0) is 111 Å². The number of hydrogen-bond donors (Lipinski definition) is 1. The Kier molecular flexibility index (Phi) is 10.4. The van der Waals surface area contributed by atoms with Crippen molar-refractivity contribution < 1.29 is 23.3 Å². The third-order valence-corrected chi connectivity index (χ3v) is 13.0. The fourth-order valence-electron chi connectivity index (χ4n) is 8.18. The van der Waals surface area contributed by atoms with Gasteiger partial charge in [-0.3, -0.25) is 19.0 Å². The van der Waals surface area contributed by atoms with Crippen LogP contribution in [0.4, 0.5) is 5.69 Å². The molecule has 2 aliphatic heterocycles. The number of aryl methyl sites for hydroxylation is 2. The van der Waals surface area contributed by atoms with Gasteiger partial charge in [-0.15, -0.1) is 4.36 Å². The van der Waals surface area contributed by atoms with Gasteiger partial charge < -0.3 is 14.4 Å². The average Bonchev–Trinajstić information content (AvgIpc) is 3.55. The lowest BCUT2D eigenvalue weighted by atomic mass is 9.68. The number of carbonyl (C=O) groups excluding carboxylic acids is 2. The Balaban J connectivity index is 1.22. The summed E-state index contributed by atoms with van der Waals surface area (Å²) in [6, 6.07) is 13.4. The molecule has 4 aliphatic rings. The van der Waals surface area contributed by atoms with E-state index in [1.165, 1.54) is 11.1 Å². The van der Waals surface area contributed by atoms with Crippen molar-refractivity contribution in [2.45, 2.75) is 75.9 Å². The van der Waals surface area contributed by atoms with Crippen LogP contribution in [0.25, 0.3) is 0 Å². The van der Waals surface area contributed by atoms with Crippen LogP contribution in [0, 0.1) is 11.8 Å². The molecule has 2 aromatic carbocycles. The number of fused-ring (bicyclic) bond motifs is 4. The number of aromatic nitrogens is 2. The van der Waals surface area contributed by atoms with E-state index >= 15 is 0 Å². The topological polar surface area (TPSA) is 115 Å². The molecule has 1 saturated carbocycles. The van der Waals surface area contributed by atoms with Gasteiger partial charge in [-0.25, -0.2) is 4.21 Å². The lowest BCUT2D eigenvalue weighted by molar-refractivity contribution is -0.119. The number of allylic oxidation sites excluding steroid dienone is 1. The fraction of sp³-hybridized carbons (Fsp3) is 0.500. The molecule has 50 heavy (non-hydrogen) atoms. The Morgan fingerprint density at radius 1 is 1.20 bits per heavy atom. The SMILES string of the molecule is CO[C@H]1/C=C/CCCS(=O)(NC(=O)CCCn2cccn2)=NC(=O)c2ccc3c(c2)N(C[C@@H]2CC[C@H]21)C[C@@]1(CCCc2cc(Cl)ccc21)CO3. The Morgan fingerprint density at radius 2 is 2.10 bits per heavy atom. The molecule has 2 aliphatic carbocycles. The fourth-order valence-corrected chi connectivity index (χ4v) is 10.00. The number of methoxy groups -OCH3 is 1. The van der Waals surface area contributed by atoms with E-state index in [-0.39, 0.29) is 23.7 Å². The molecule has 266 valence electrons. The minimum atomic E-state index is -3.39. The smallest absolute Gasteiger partial charge is 0.286 e. The molecule has 0 radical (unpaired) electrons. The van der Waals surface area contributed by atoms with E-state index in [1.807, 2.05) is 30.5 Å². The van der Waals surface area contributed by atoms with E-state index in [0.717, 1.165) is 55.9 Å². The van der Waals surface area contributed by atoms with Crippen LogP contribution in [0.2, 0.25) is 5.02 Å². The summed E-state index contributed by atoms with van der Waals surface area (Å²) in [6.07, 6.45) is 14.6. The summed E-state index contributed by atoms with van der Waals surface area (Å²) in [7, 11) is -1.63. The van der Waals surface area contributed by atoms with Crippen molar-refractivity contribution in [3.05, 3.63) is 88.7 Å². The largest absolute Gasteiger partial charge is 0.490 e. The zero-order chi connectivity index (χ0) is 34.7. The second-order valence-electron chi connectivity index (χ2n) is 14.2. The van der Waals surface area contributed by atoms with Crippen LogP contribution in [-0.2, 0) is 37.8 Å². The molecule has 1 unspecified atom stereocenters. The van der Waals surface area contributed by atoms with Gasteiger partial charge in [0.05, 0.1) is 24.2 Å². The number of anilines is 1. The number of rotatable bonds is 6. The quantitative estimate of drug-likeness (QED) is 0.289. The summed E-state index contributed by atoms with van der Waals surface area (Å²) in [4.78, 5) is 29.3. The first kappa shape index (κ1) is 34.8. The molecule has 12 heteroatoms. The molecule has 3 aromatic rings. The highest BCUT2D eigenvalue weighted by Gasteiger charge is 2.44. The molecule has 7 rings (SSSR count). The normalized spacial score (nSPS) is 28.6. The summed E-state index contributed by atoms with van der Waals surface area (Å²) in [5.41, 5.74) is 3.45. The number of ether oxygens (including phenoxy) is 2. The molecule has 2 amide bonds. The first-order valence-corrected chi connectivity index (χ1v) is 19.9. The lowest BCUT2D eigenvalue weighted by Gasteiger charge is -2.46. The maximum atomic E-state index is 14.2. The van der Waals surface area contributed by atoms with Gasteiger partial charge in [0.15, 0.2) is 0 Å². The van der Waals surface area contributed by atoms with E-state index in [4.69, 9.17) is 21.1 Å². The van der Waals surface area contributed by atoms with E-state index in [9.17, 15) is 13.8 Å². The third-order valence-electron chi connectivity index (χ3n) is 10.9. The van der Waals surface area contributed by atoms with Crippen LogP contribution in [0.15, 0.2) is 71.4 Å². The van der Waals surface area contributed by atoms with Gasteiger partial charge in [0.25, 0.3) is 5.91 Å². The Morgan fingerprint density at radius 3 is 2.90 bits per heavy atom. The predicted octanol–water partition coefficient (Wildman–Crippen LogP) is 6.52. The van der Waals surface area contributed by atoms with E-state index in [1.54, 1.807) is 24.1 Å². The summed E-state index contributed by atoms with van der Waals surface area (Å²) in [5.74, 6) is 0.514. The first-order valence-electron chi connectivity index (χ1n) is 17.8. The molecule has 1 spiro atoms. The lowest BCUT2D eigenvalue weighted by Crippen LogP contribution is -2.49. The maximum absolute atomic E-state index is 14.2. The van der Waals surface area contributed by atoms with Crippen LogP contribution in [0.1, 0.15) is 72.9 Å². The number of benzene rings is 2. The van der Waals surface area contributed by atoms with Crippen LogP contribution in [-0.4, -0.2) is 64.5 Å². The average molecular weight is 720 g/mol. The van der Waals surface area contributed by atoms with Crippen molar-refractivity contribution in [2.75, 3.05) is 37.5 Å². The predicted molar refractivity (Wildman–Crippen MR) is 195 cm³/mol. The van der Waals surface area contributed by atoms with Crippen LogP contribution >= 0.6 is 11.6 Å². The monoisotopic (exact) mass is 719 g/mol. The molecule has 5 atom stereocenters. The molecule has 2 bridgehead atoms. The van der Waals surface area contributed by atoms with Gasteiger partial charge in [0.1, 0.15) is 15.7 Å². The second-order valence-corrected chi connectivity index (χ2v) is 16.7. The van der Waals surface area contributed by atoms with Crippen molar-refractivity contribution in [3.8, 4) is 5.75 Å². The van der Waals surface area contributed by atoms with E-state index in [0.29, 0.717) is 55.6 Å². The Bertz CT molecular complexity index is 1870. The highest BCUT2D eigenvalue weighted by Crippen LogP contribution is 2.47. The zero-order valence-corrected chi connectivity index (χ0v) is 30.2. The van der Waals surface area contributed by atoms with Gasteiger partial charge in [0.2, 0.25) is 5.91 Å². The minimum Gasteiger partial charge on any atom is -0.490 e. The highest BCUT2D eigenvalue weighted by molar-refractivity contribution is 7.92. The summed E-state index contributed by atoms with van der Waals surface area (Å²) < 4.78 is 35.5. The molecule has 1 aromatic heterocycles. The van der Waals surface area contributed by atoms with Crippen molar-refractivity contribution >= 4 is 39.0 Å². The molecular weight excluding hydrogens is 674 g/mol. The standard InChI is InChI=1S/C38H46ClN5O5S/c1-48-34-9-3-2-4-21-50(47,41-36(45)10-6-19-44-20-7-18-40-44)42-37(46)28-12-16-35-33(23-28)43(24-29-11-14-31(29)34)25-38(26-49-35)17-5-8-27-22-30(39)13-15-32(27)38/h3,7,9,12-13,15-16,18,20,22-23,29,31,34H,2,4-6,8,10-11,14,17,19,21,24-26H2,1H3,(H,41,42,45,46,47)/b9-3+/t29-,31+,34-,38-,50?/m0/s1. The Labute approximate surface area is 299 Å². The van der Waals surface area contributed by atoms with Crippen molar-refractivity contribution in [1.29, 1.82) is 0 Å². The first-order chi connectivity index (χ1) is 24.2. The third kappa shape index (κ3) is 7.50. The van der Waals surface area contributed by atoms with Gasteiger partial charge in [-0.1, -0.05) is 29.8 Å². The van der Waals surface area contributed by atoms with Crippen LogP contribution in [0.3, 0.4) is 0 Å². The summed E-state index contributed by atoms with van der Waals surface area (Å²) in [6.45, 7) is 2.59. The summed E-state index contributed by atoms with van der Waals surface area (Å²) in [5, 5.41) is 4.92. The van der Waals surface area contributed by atoms with Crippen molar-refractivity contribution in [2.24, 2.45) is 16.2 Å². The highest BCUT2D eigenvalue weighted by atomic mass is 35.5. The molecular formula is C38H46ClN5O5S. The van der Waals surface area contributed by atoms with E-state index < -0.39 is 21.7 Å². The number of halogens is 1. The molecule has 3 heterocycles. The summed E-state index contributed by atoms with van der Waals surface area (Å²) >= 11 is 6.45. The van der Waals surface area contributed by atoms with Crippen LogP contribution in [0.5, 0.6) is 5.75 Å². The second kappa shape index (κ2) is 14.9. The molecule has 1 N–H and O–H groups in total. The zero-order valence-electron chi connectivity index (χ0n) is 28.6. The Hall–Kier alpha value is -3.67. The van der Waals surface area contributed by atoms with Crippen molar-refractivity contribution in [3.63, 3.8) is 0 Å². The van der Waals surface area contributed by atoms with Gasteiger partial charge >= 0.3 is 0 Å². The number of amides is 2. The molecule has 1 fully saturated rings. The molecule has 0 saturated heterocycles. The molecule has 10 nitrogen and oxygen atoms in total. The van der Waals surface area contributed by atoms with Gasteiger partial charge in [0, 0.05) is 61.6 Å². The van der Waals surface area contributed by atoms with Crippen LogP contribution < -0.4 is 14.4 Å². The van der Waals surface area contributed by atoms with Crippen molar-refractivity contribution in [1.82, 2.24) is 14.5 Å². The number of carbonyl (C=O) groups is 2. The van der Waals surface area contributed by atoms with Gasteiger partial charge in [-0.2, -0.15) is 5.10 Å². The number of hydrogen-bond acceptors (Lipinski definition) is 7. The number of nitrogens with one attached hydrogen (secondary N) is 1.